The number of ether oxygens (including phenoxy) is 1. The number of non-ortho nitro benzene ring substituents is 2. The maximum Gasteiger partial charge on any atom is 0.280 e. The Hall–Kier alpha value is -5.13. The van der Waals surface area contributed by atoms with Gasteiger partial charge in [0, 0.05) is 29.8 Å². The molecular weight excluding hydrogens is 436 g/mol. The summed E-state index contributed by atoms with van der Waals surface area (Å²) in [5, 5.41) is 22.0. The molecule has 0 aromatic heterocycles. The standard InChI is InChI=1S/C21H12N4O8/c26-19(12-1-3-13(4-2-12)24(29)30)22-23-20(27)17-10-9-16(11-18(17)21(23)28)33-15-7-5-14(6-8-15)25(31)32/h1-11H,(H,22,26). The Labute approximate surface area is 184 Å². The van der Waals surface area contributed by atoms with Crippen LogP contribution in [0.4, 0.5) is 11.4 Å². The van der Waals surface area contributed by atoms with Gasteiger partial charge in [0.15, 0.2) is 0 Å². The van der Waals surface area contributed by atoms with Crippen LogP contribution in [0.15, 0.2) is 66.7 Å². The summed E-state index contributed by atoms with van der Waals surface area (Å²) in [5.74, 6) is -1.87. The quantitative estimate of drug-likeness (QED) is 0.341. The molecule has 0 atom stereocenters. The van der Waals surface area contributed by atoms with Gasteiger partial charge in [-0.1, -0.05) is 0 Å². The lowest BCUT2D eigenvalue weighted by molar-refractivity contribution is -0.385. The highest BCUT2D eigenvalue weighted by molar-refractivity contribution is 6.22. The van der Waals surface area contributed by atoms with Crippen LogP contribution < -0.4 is 10.2 Å². The van der Waals surface area contributed by atoms with Gasteiger partial charge in [-0.05, 0) is 42.5 Å². The molecule has 12 nitrogen and oxygen atoms in total. The van der Waals surface area contributed by atoms with Crippen molar-refractivity contribution in [2.75, 3.05) is 0 Å². The lowest BCUT2D eigenvalue weighted by Gasteiger charge is -2.14. The zero-order valence-corrected chi connectivity index (χ0v) is 16.5. The van der Waals surface area contributed by atoms with E-state index in [-0.39, 0.29) is 39.6 Å². The molecule has 0 saturated heterocycles. The Morgan fingerprint density at radius 2 is 1.27 bits per heavy atom. The van der Waals surface area contributed by atoms with Gasteiger partial charge < -0.3 is 4.74 Å². The van der Waals surface area contributed by atoms with Gasteiger partial charge in [0.2, 0.25) is 0 Å². The summed E-state index contributed by atoms with van der Waals surface area (Å²) in [6.07, 6.45) is 0. The van der Waals surface area contributed by atoms with Gasteiger partial charge in [-0.25, -0.2) is 0 Å². The molecule has 4 rings (SSSR count). The molecule has 0 unspecified atom stereocenters. The third kappa shape index (κ3) is 4.07. The van der Waals surface area contributed by atoms with E-state index in [1.807, 2.05) is 0 Å². The number of hydrogen-bond acceptors (Lipinski definition) is 8. The summed E-state index contributed by atoms with van der Waals surface area (Å²) >= 11 is 0. The number of benzene rings is 3. The van der Waals surface area contributed by atoms with Crippen molar-refractivity contribution in [1.29, 1.82) is 0 Å². The van der Waals surface area contributed by atoms with Gasteiger partial charge in [-0.15, -0.1) is 0 Å². The number of imide groups is 1. The second kappa shape index (κ2) is 8.19. The highest BCUT2D eigenvalue weighted by atomic mass is 16.6. The zero-order valence-electron chi connectivity index (χ0n) is 16.5. The number of nitrogens with zero attached hydrogens (tertiary/aromatic N) is 3. The van der Waals surface area contributed by atoms with Crippen LogP contribution >= 0.6 is 0 Å². The highest BCUT2D eigenvalue weighted by Gasteiger charge is 2.37. The van der Waals surface area contributed by atoms with Crippen LogP contribution in [0.3, 0.4) is 0 Å². The Kier molecular flexibility index (Phi) is 5.24. The Bertz CT molecular complexity index is 1320. The molecule has 3 amide bonds. The van der Waals surface area contributed by atoms with Gasteiger partial charge in [0.1, 0.15) is 11.5 Å². The minimum absolute atomic E-state index is 0.0107. The van der Waals surface area contributed by atoms with Crippen LogP contribution in [0.5, 0.6) is 11.5 Å². The van der Waals surface area contributed by atoms with E-state index in [1.54, 1.807) is 0 Å². The molecule has 3 aromatic rings. The number of rotatable bonds is 6. The summed E-state index contributed by atoms with van der Waals surface area (Å²) in [6.45, 7) is 0. The fraction of sp³-hybridized carbons (Fsp3) is 0. The summed E-state index contributed by atoms with van der Waals surface area (Å²) in [6, 6.07) is 14.0. The smallest absolute Gasteiger partial charge is 0.280 e. The Morgan fingerprint density at radius 1 is 0.758 bits per heavy atom. The van der Waals surface area contributed by atoms with E-state index in [0.717, 1.165) is 12.1 Å². The first-order valence-electron chi connectivity index (χ1n) is 9.25. The second-order valence-electron chi connectivity index (χ2n) is 6.75. The molecule has 1 aliphatic rings. The highest BCUT2D eigenvalue weighted by Crippen LogP contribution is 2.29. The fourth-order valence-electron chi connectivity index (χ4n) is 3.06. The molecule has 12 heteroatoms. The Morgan fingerprint density at radius 3 is 1.85 bits per heavy atom. The topological polar surface area (TPSA) is 162 Å². The number of nitrogens with one attached hydrogen (secondary N) is 1. The third-order valence-corrected chi connectivity index (χ3v) is 4.69. The maximum atomic E-state index is 12.7. The molecule has 164 valence electrons. The van der Waals surface area contributed by atoms with Crippen LogP contribution in [0.1, 0.15) is 31.1 Å². The summed E-state index contributed by atoms with van der Waals surface area (Å²) in [7, 11) is 0. The van der Waals surface area contributed by atoms with Gasteiger partial charge in [0.25, 0.3) is 29.1 Å². The van der Waals surface area contributed by atoms with Crippen molar-refractivity contribution in [3.8, 4) is 11.5 Å². The normalized spacial score (nSPS) is 12.3. The third-order valence-electron chi connectivity index (χ3n) is 4.69. The SMILES string of the molecule is O=C(NN1C(=O)c2ccc(Oc3ccc([N+](=O)[O-])cc3)cc2C1=O)c1ccc([N+](=O)[O-])cc1. The second-order valence-corrected chi connectivity index (χ2v) is 6.75. The van der Waals surface area contributed by atoms with Gasteiger partial charge in [0.05, 0.1) is 21.0 Å². The van der Waals surface area contributed by atoms with Crippen LogP contribution in [0.25, 0.3) is 0 Å². The van der Waals surface area contributed by atoms with Crippen molar-refractivity contribution >= 4 is 29.1 Å². The summed E-state index contributed by atoms with van der Waals surface area (Å²) in [5.41, 5.74) is 1.91. The van der Waals surface area contributed by atoms with Crippen LogP contribution in [0.2, 0.25) is 0 Å². The molecule has 1 N–H and O–H groups in total. The van der Waals surface area contributed by atoms with Crippen molar-refractivity contribution in [3.05, 3.63) is 104 Å². The lowest BCUT2D eigenvalue weighted by Crippen LogP contribution is -2.45. The number of nitro groups is 2. The summed E-state index contributed by atoms with van der Waals surface area (Å²) < 4.78 is 5.59. The van der Waals surface area contributed by atoms with E-state index in [1.165, 1.54) is 54.6 Å². The van der Waals surface area contributed by atoms with Crippen molar-refractivity contribution < 1.29 is 29.0 Å². The van der Waals surface area contributed by atoms with Crippen LogP contribution in [-0.2, 0) is 0 Å². The number of fused-ring (bicyclic) bond motifs is 1. The minimum atomic E-state index is -0.804. The van der Waals surface area contributed by atoms with Crippen LogP contribution in [-0.4, -0.2) is 32.6 Å². The zero-order chi connectivity index (χ0) is 23.7. The molecule has 0 fully saturated rings. The van der Waals surface area contributed by atoms with Crippen molar-refractivity contribution in [3.63, 3.8) is 0 Å². The minimum Gasteiger partial charge on any atom is -0.457 e. The molecule has 33 heavy (non-hydrogen) atoms. The first kappa shape index (κ1) is 21.1. The molecule has 1 heterocycles. The van der Waals surface area contributed by atoms with Crippen molar-refractivity contribution in [2.24, 2.45) is 0 Å². The van der Waals surface area contributed by atoms with E-state index in [9.17, 15) is 34.6 Å². The molecule has 0 saturated carbocycles. The molecule has 0 spiro atoms. The predicted octanol–water partition coefficient (Wildman–Crippen LogP) is 3.24. The number of carbonyl (C=O) groups excluding carboxylic acids is 3. The van der Waals surface area contributed by atoms with E-state index in [2.05, 4.69) is 5.43 Å². The van der Waals surface area contributed by atoms with Crippen LogP contribution in [0, 0.1) is 20.2 Å². The predicted molar refractivity (Wildman–Crippen MR) is 111 cm³/mol. The molecule has 0 radical (unpaired) electrons. The van der Waals surface area contributed by atoms with Crippen molar-refractivity contribution in [2.45, 2.75) is 0 Å². The number of amides is 3. The molecule has 1 aliphatic heterocycles. The summed E-state index contributed by atoms with van der Waals surface area (Å²) in [4.78, 5) is 58.0. The molecule has 0 bridgehead atoms. The molecular formula is C21H12N4O8. The lowest BCUT2D eigenvalue weighted by atomic mass is 10.1. The first-order valence-corrected chi connectivity index (χ1v) is 9.25. The number of hydrazine groups is 1. The van der Waals surface area contributed by atoms with E-state index in [0.29, 0.717) is 5.01 Å². The Balaban J connectivity index is 1.50. The van der Waals surface area contributed by atoms with Gasteiger partial charge >= 0.3 is 0 Å². The number of hydrogen-bond donors (Lipinski definition) is 1. The monoisotopic (exact) mass is 448 g/mol. The maximum absolute atomic E-state index is 12.7. The van der Waals surface area contributed by atoms with Crippen molar-refractivity contribution in [1.82, 2.24) is 10.4 Å². The van der Waals surface area contributed by atoms with Gasteiger partial charge in [-0.3, -0.25) is 40.0 Å². The largest absolute Gasteiger partial charge is 0.457 e. The average Bonchev–Trinajstić information content (AvgIpc) is 3.03. The number of carbonyl (C=O) groups is 3. The molecule has 0 aliphatic carbocycles. The number of nitro benzene ring substituents is 2. The van der Waals surface area contributed by atoms with E-state index in [4.69, 9.17) is 4.74 Å². The average molecular weight is 448 g/mol. The van der Waals surface area contributed by atoms with E-state index >= 15 is 0 Å². The molecule has 3 aromatic carbocycles. The van der Waals surface area contributed by atoms with E-state index < -0.39 is 27.6 Å². The first-order chi connectivity index (χ1) is 15.7. The fourth-order valence-corrected chi connectivity index (χ4v) is 3.06. The van der Waals surface area contributed by atoms with Gasteiger partial charge in [-0.2, -0.15) is 5.01 Å².